The number of amides is 1. The lowest BCUT2D eigenvalue weighted by Crippen LogP contribution is -2.23. The van der Waals surface area contributed by atoms with Crippen LogP contribution in [-0.2, 0) is 16.3 Å². The number of aliphatic hydroxyl groups excluding tert-OH is 1. The van der Waals surface area contributed by atoms with Gasteiger partial charge in [-0.2, -0.15) is 0 Å². The van der Waals surface area contributed by atoms with Crippen molar-refractivity contribution in [1.82, 2.24) is 10.6 Å². The summed E-state index contributed by atoms with van der Waals surface area (Å²) in [7, 11) is -2.23. The minimum atomic E-state index is -3.73. The van der Waals surface area contributed by atoms with Gasteiger partial charge in [0.05, 0.1) is 15.9 Å². The number of benzene rings is 3. The van der Waals surface area contributed by atoms with E-state index >= 15 is 0 Å². The van der Waals surface area contributed by atoms with Crippen LogP contribution in [0.15, 0.2) is 82.6 Å². The Morgan fingerprint density at radius 1 is 1.00 bits per heavy atom. The molecule has 0 unspecified atom stereocenters. The van der Waals surface area contributed by atoms with Crippen molar-refractivity contribution in [3.05, 3.63) is 94.5 Å². The molecule has 0 aliphatic rings. The smallest absolute Gasteiger partial charge is 0.251 e. The number of carbonyl (C=O) groups excluding carboxylic acids is 1. The van der Waals surface area contributed by atoms with Gasteiger partial charge >= 0.3 is 0 Å². The number of hydrogen-bond acceptors (Lipinski definition) is 5. The first-order valence-corrected chi connectivity index (χ1v) is 12.0. The van der Waals surface area contributed by atoms with Crippen LogP contribution in [0, 0.1) is 0 Å². The minimum absolute atomic E-state index is 0. The first-order chi connectivity index (χ1) is 15.3. The summed E-state index contributed by atoms with van der Waals surface area (Å²) in [5.41, 5.74) is 2.00. The zero-order valence-corrected chi connectivity index (χ0v) is 20.4. The first kappa shape index (κ1) is 26.8. The molecule has 1 atom stereocenters. The molecular weight excluding hydrogens is 483 g/mol. The van der Waals surface area contributed by atoms with Gasteiger partial charge in [0.15, 0.2) is 0 Å². The Morgan fingerprint density at radius 3 is 2.36 bits per heavy atom. The van der Waals surface area contributed by atoms with Crippen LogP contribution < -0.4 is 10.6 Å². The maximum Gasteiger partial charge on any atom is 0.251 e. The number of nitrogens with one attached hydrogen (secondary N) is 2. The predicted octanol–water partition coefficient (Wildman–Crippen LogP) is 3.82. The van der Waals surface area contributed by atoms with Gasteiger partial charge in [-0.25, -0.2) is 8.42 Å². The molecule has 0 saturated heterocycles. The molecule has 3 aromatic rings. The first-order valence-electron chi connectivity index (χ1n) is 10.1. The van der Waals surface area contributed by atoms with Crippen molar-refractivity contribution >= 4 is 39.8 Å². The summed E-state index contributed by atoms with van der Waals surface area (Å²) in [6, 6.07) is 19.7. The fourth-order valence-corrected chi connectivity index (χ4v) is 4.73. The van der Waals surface area contributed by atoms with Gasteiger partial charge in [0.1, 0.15) is 0 Å². The van der Waals surface area contributed by atoms with Crippen LogP contribution in [0.2, 0.25) is 5.02 Å². The van der Waals surface area contributed by atoms with Crippen LogP contribution in [0.4, 0.5) is 0 Å². The van der Waals surface area contributed by atoms with Gasteiger partial charge in [-0.05, 0) is 66.6 Å². The van der Waals surface area contributed by atoms with Gasteiger partial charge in [0.2, 0.25) is 9.84 Å². The Morgan fingerprint density at radius 2 is 1.70 bits per heavy atom. The van der Waals surface area contributed by atoms with Gasteiger partial charge < -0.3 is 15.7 Å². The van der Waals surface area contributed by atoms with E-state index in [1.807, 2.05) is 6.07 Å². The number of halogens is 2. The average molecular weight is 509 g/mol. The number of aliphatic hydroxyl groups is 1. The average Bonchev–Trinajstić information content (AvgIpc) is 2.81. The van der Waals surface area contributed by atoms with Crippen molar-refractivity contribution in [2.75, 3.05) is 20.1 Å². The molecule has 6 nitrogen and oxygen atoms in total. The van der Waals surface area contributed by atoms with E-state index < -0.39 is 15.9 Å². The van der Waals surface area contributed by atoms with E-state index in [0.717, 1.165) is 11.1 Å². The van der Waals surface area contributed by atoms with Crippen molar-refractivity contribution < 1.29 is 18.3 Å². The van der Waals surface area contributed by atoms with E-state index in [2.05, 4.69) is 10.6 Å². The Bertz CT molecular complexity index is 1190. The van der Waals surface area contributed by atoms with Crippen LogP contribution in [0.5, 0.6) is 0 Å². The van der Waals surface area contributed by atoms with Crippen molar-refractivity contribution in [2.45, 2.75) is 22.3 Å². The van der Waals surface area contributed by atoms with E-state index in [4.69, 9.17) is 11.6 Å². The van der Waals surface area contributed by atoms with Crippen LogP contribution in [-0.4, -0.2) is 39.6 Å². The van der Waals surface area contributed by atoms with Crippen molar-refractivity contribution in [2.24, 2.45) is 0 Å². The molecule has 0 aliphatic heterocycles. The van der Waals surface area contributed by atoms with Crippen molar-refractivity contribution in [3.63, 3.8) is 0 Å². The Balaban J connectivity index is 0.00000385. The molecule has 0 aliphatic carbocycles. The molecular formula is C24H26Cl2N2O4S. The zero-order valence-electron chi connectivity index (χ0n) is 18.0. The maximum atomic E-state index is 12.9. The third-order valence-corrected chi connectivity index (χ3v) is 7.03. The minimum Gasteiger partial charge on any atom is -0.387 e. The Labute approximate surface area is 205 Å². The number of sulfone groups is 1. The van der Waals surface area contributed by atoms with Crippen LogP contribution in [0.25, 0.3) is 0 Å². The molecule has 176 valence electrons. The molecule has 3 aromatic carbocycles. The quantitative estimate of drug-likeness (QED) is 0.382. The van der Waals surface area contributed by atoms with E-state index in [-0.39, 0.29) is 33.7 Å². The molecule has 0 bridgehead atoms. The summed E-state index contributed by atoms with van der Waals surface area (Å²) in [5, 5.41) is 16.5. The molecule has 0 fully saturated rings. The SMILES string of the molecule is CNC(=O)c1cccc(S(=O)(=O)c2ccc(CCNC[C@H](O)c3cccc(Cl)c3)cc2)c1.Cl. The fourth-order valence-electron chi connectivity index (χ4n) is 3.22. The fraction of sp³-hybridized carbons (Fsp3) is 0.208. The van der Waals surface area contributed by atoms with Gasteiger partial charge in [0.25, 0.3) is 5.91 Å². The summed E-state index contributed by atoms with van der Waals surface area (Å²) in [5.74, 6) is -0.342. The lowest BCUT2D eigenvalue weighted by molar-refractivity contribution is 0.0963. The van der Waals surface area contributed by atoms with E-state index in [1.165, 1.54) is 19.2 Å². The molecule has 3 rings (SSSR count). The van der Waals surface area contributed by atoms with Crippen LogP contribution in [0.1, 0.15) is 27.6 Å². The van der Waals surface area contributed by atoms with Gasteiger partial charge in [-0.3, -0.25) is 4.79 Å². The van der Waals surface area contributed by atoms with Crippen LogP contribution >= 0.6 is 24.0 Å². The topological polar surface area (TPSA) is 95.5 Å². The van der Waals surface area contributed by atoms with Gasteiger partial charge in [-0.1, -0.05) is 41.9 Å². The second-order valence-corrected chi connectivity index (χ2v) is 9.67. The lowest BCUT2D eigenvalue weighted by atomic mass is 10.1. The molecule has 33 heavy (non-hydrogen) atoms. The summed E-state index contributed by atoms with van der Waals surface area (Å²) >= 11 is 5.95. The van der Waals surface area contributed by atoms with E-state index in [1.54, 1.807) is 54.6 Å². The number of carbonyl (C=O) groups is 1. The highest BCUT2D eigenvalue weighted by Gasteiger charge is 2.19. The van der Waals surface area contributed by atoms with Crippen molar-refractivity contribution in [1.29, 1.82) is 0 Å². The summed E-state index contributed by atoms with van der Waals surface area (Å²) in [4.78, 5) is 12.0. The molecule has 0 saturated carbocycles. The number of hydrogen-bond donors (Lipinski definition) is 3. The Kier molecular flexibility index (Phi) is 9.88. The lowest BCUT2D eigenvalue weighted by Gasteiger charge is -2.13. The van der Waals surface area contributed by atoms with E-state index in [9.17, 15) is 18.3 Å². The van der Waals surface area contributed by atoms with E-state index in [0.29, 0.717) is 24.5 Å². The maximum absolute atomic E-state index is 12.9. The largest absolute Gasteiger partial charge is 0.387 e. The highest BCUT2D eigenvalue weighted by Crippen LogP contribution is 2.22. The Hall–Kier alpha value is -2.42. The second kappa shape index (κ2) is 12.2. The van der Waals surface area contributed by atoms with Crippen LogP contribution in [0.3, 0.4) is 0 Å². The van der Waals surface area contributed by atoms with Gasteiger partial charge in [0, 0.05) is 24.2 Å². The molecule has 0 radical (unpaired) electrons. The third-order valence-electron chi connectivity index (χ3n) is 5.03. The molecule has 1 amide bonds. The van der Waals surface area contributed by atoms with Gasteiger partial charge in [-0.15, -0.1) is 12.4 Å². The molecule has 0 spiro atoms. The third kappa shape index (κ3) is 7.03. The highest BCUT2D eigenvalue weighted by atomic mass is 35.5. The van der Waals surface area contributed by atoms with Crippen molar-refractivity contribution in [3.8, 4) is 0 Å². The molecule has 0 heterocycles. The molecule has 0 aromatic heterocycles. The predicted molar refractivity (Wildman–Crippen MR) is 132 cm³/mol. The summed E-state index contributed by atoms with van der Waals surface area (Å²) in [6.07, 6.45) is 0.0150. The molecule has 9 heteroatoms. The highest BCUT2D eigenvalue weighted by molar-refractivity contribution is 7.91. The summed E-state index contributed by atoms with van der Waals surface area (Å²) < 4.78 is 25.8. The standard InChI is InChI=1S/C24H25ClN2O4S.ClH/c1-26-24(29)19-5-3-7-22(15-19)32(30,31)21-10-8-17(9-11-21)12-13-27-16-23(28)18-4-2-6-20(25)14-18;/h2-11,14-15,23,27-28H,12-13,16H2,1H3,(H,26,29);1H/t23-;/m0./s1. The zero-order chi connectivity index (χ0) is 23.1. The number of rotatable bonds is 9. The summed E-state index contributed by atoms with van der Waals surface area (Å²) in [6.45, 7) is 1.01. The second-order valence-electron chi connectivity index (χ2n) is 7.28. The monoisotopic (exact) mass is 508 g/mol. The molecule has 3 N–H and O–H groups in total. The normalized spacial score (nSPS) is 12.0.